The Labute approximate surface area is 247 Å². The lowest BCUT2D eigenvalue weighted by atomic mass is 9.93. The molecule has 2 aliphatic heterocycles. The van der Waals surface area contributed by atoms with E-state index in [-0.39, 0.29) is 25.0 Å². The van der Waals surface area contributed by atoms with Gasteiger partial charge < -0.3 is 30.5 Å². The molecule has 1 unspecified atom stereocenters. The molecule has 2 aliphatic rings. The van der Waals surface area contributed by atoms with Crippen molar-refractivity contribution in [2.24, 2.45) is 10.7 Å². The fourth-order valence-corrected chi connectivity index (χ4v) is 5.59. The van der Waals surface area contributed by atoms with Crippen LogP contribution >= 0.6 is 11.6 Å². The fourth-order valence-electron chi connectivity index (χ4n) is 5.38. The van der Waals surface area contributed by atoms with Gasteiger partial charge >= 0.3 is 0 Å². The minimum atomic E-state index is -0.939. The Morgan fingerprint density at radius 2 is 2.00 bits per heavy atom. The maximum Gasteiger partial charge on any atom is 0.248 e. The highest BCUT2D eigenvalue weighted by atomic mass is 35.5. The average molecular weight is 585 g/mol. The van der Waals surface area contributed by atoms with Crippen LogP contribution in [0.15, 0.2) is 59.6 Å². The van der Waals surface area contributed by atoms with Crippen molar-refractivity contribution in [2.45, 2.75) is 82.3 Å². The molecule has 0 radical (unpaired) electrons. The Balaban J connectivity index is 1.52. The predicted octanol–water partition coefficient (Wildman–Crippen LogP) is 3.25. The quantitative estimate of drug-likeness (QED) is 0.332. The number of aliphatic imine (C=N–C) groups is 1. The van der Waals surface area contributed by atoms with Crippen molar-refractivity contribution in [1.29, 1.82) is 0 Å². The third-order valence-corrected chi connectivity index (χ3v) is 7.93. The number of aliphatic hydroxyl groups excluding tert-OH is 1. The van der Waals surface area contributed by atoms with E-state index in [4.69, 9.17) is 31.8 Å². The molecule has 2 aromatic rings. The normalized spacial score (nSPS) is 22.5. The Kier molecular flexibility index (Phi) is 10.8. The first-order valence-electron chi connectivity index (χ1n) is 14.3. The Morgan fingerprint density at radius 1 is 1.24 bits per heavy atom. The summed E-state index contributed by atoms with van der Waals surface area (Å²) in [5.41, 5.74) is 7.14. The number of nitrogens with two attached hydrogens (primary N) is 1. The number of carbonyl (C=O) groups excluding carboxylic acids is 2. The first kappa shape index (κ1) is 31.0. The van der Waals surface area contributed by atoms with Gasteiger partial charge in [-0.25, -0.2) is 4.99 Å². The molecule has 0 bridgehead atoms. The molecule has 1 fully saturated rings. The van der Waals surface area contributed by atoms with Crippen molar-refractivity contribution < 1.29 is 24.2 Å². The van der Waals surface area contributed by atoms with Crippen molar-refractivity contribution in [3.05, 3.63) is 70.7 Å². The van der Waals surface area contributed by atoms with Crippen LogP contribution in [0.4, 0.5) is 0 Å². The van der Waals surface area contributed by atoms with Gasteiger partial charge in [0.25, 0.3) is 0 Å². The number of amides is 2. The fraction of sp³-hybridized carbons (Fsp3) is 0.516. The lowest BCUT2D eigenvalue weighted by Crippen LogP contribution is -2.58. The van der Waals surface area contributed by atoms with Crippen LogP contribution < -0.4 is 11.1 Å². The van der Waals surface area contributed by atoms with Crippen molar-refractivity contribution in [2.75, 3.05) is 19.8 Å². The lowest BCUT2D eigenvalue weighted by molar-refractivity contribution is -0.141. The molecular formula is C31H41ClN4O5. The molecule has 0 saturated carbocycles. The molecule has 4 N–H and O–H groups in total. The molecule has 9 nitrogen and oxygen atoms in total. The number of nitrogens with zero attached hydrogens (tertiary/aromatic N) is 2. The number of aliphatic hydroxyl groups is 1. The molecule has 0 aromatic heterocycles. The zero-order valence-electron chi connectivity index (χ0n) is 23.8. The van der Waals surface area contributed by atoms with Crippen molar-refractivity contribution in [1.82, 2.24) is 10.2 Å². The molecule has 222 valence electrons. The van der Waals surface area contributed by atoms with E-state index < -0.39 is 29.8 Å². The van der Waals surface area contributed by atoms with Crippen LogP contribution in [0.3, 0.4) is 0 Å². The smallest absolute Gasteiger partial charge is 0.248 e. The van der Waals surface area contributed by atoms with E-state index in [9.17, 15) is 14.7 Å². The van der Waals surface area contributed by atoms with Gasteiger partial charge in [-0.3, -0.25) is 9.59 Å². The van der Waals surface area contributed by atoms with E-state index in [2.05, 4.69) is 5.32 Å². The largest absolute Gasteiger partial charge is 0.477 e. The number of carbonyl (C=O) groups is 2. The second kappa shape index (κ2) is 14.3. The number of likely N-dealkylation sites (tertiary alicyclic amines) is 1. The second-order valence-electron chi connectivity index (χ2n) is 11.0. The van der Waals surface area contributed by atoms with Gasteiger partial charge in [-0.2, -0.15) is 0 Å². The molecular weight excluding hydrogens is 544 g/mol. The molecule has 2 heterocycles. The molecule has 4 rings (SSSR count). The van der Waals surface area contributed by atoms with E-state index in [0.717, 1.165) is 24.0 Å². The van der Waals surface area contributed by atoms with Gasteiger partial charge in [0.1, 0.15) is 24.2 Å². The third kappa shape index (κ3) is 7.86. The molecule has 10 heteroatoms. The SMILES string of the molecule is CCCC(N)C(=O)N[C@H](C(=O)N1CCC[C@H]1C1=N[C@](CO)(Cc2cccc(Cl)c2)CO1)[C@@H](C)OCc1ccccc1. The lowest BCUT2D eigenvalue weighted by Gasteiger charge is -2.32. The highest BCUT2D eigenvalue weighted by molar-refractivity contribution is 6.30. The zero-order chi connectivity index (χ0) is 29.4. The van der Waals surface area contributed by atoms with Crippen LogP contribution in [0.25, 0.3) is 0 Å². The highest BCUT2D eigenvalue weighted by Gasteiger charge is 2.44. The summed E-state index contributed by atoms with van der Waals surface area (Å²) in [5, 5.41) is 13.8. The summed E-state index contributed by atoms with van der Waals surface area (Å²) >= 11 is 6.17. The van der Waals surface area contributed by atoms with Crippen LogP contribution in [-0.2, 0) is 32.1 Å². The molecule has 5 atom stereocenters. The number of halogens is 1. The summed E-state index contributed by atoms with van der Waals surface area (Å²) in [6.45, 7) is 4.52. The number of nitrogens with one attached hydrogen (secondary N) is 1. The number of hydrogen-bond donors (Lipinski definition) is 3. The molecule has 2 aromatic carbocycles. The van der Waals surface area contributed by atoms with E-state index in [1.54, 1.807) is 17.9 Å². The van der Waals surface area contributed by atoms with Crippen LogP contribution in [0.5, 0.6) is 0 Å². The number of rotatable bonds is 13. The summed E-state index contributed by atoms with van der Waals surface area (Å²) in [4.78, 5) is 33.6. The van der Waals surface area contributed by atoms with Crippen molar-refractivity contribution in [3.8, 4) is 0 Å². The first-order chi connectivity index (χ1) is 19.7. The van der Waals surface area contributed by atoms with Gasteiger partial charge in [-0.15, -0.1) is 0 Å². The predicted molar refractivity (Wildman–Crippen MR) is 159 cm³/mol. The van der Waals surface area contributed by atoms with Crippen LogP contribution in [0, 0.1) is 0 Å². The Hall–Kier alpha value is -2.98. The van der Waals surface area contributed by atoms with Crippen molar-refractivity contribution >= 4 is 29.3 Å². The second-order valence-corrected chi connectivity index (χ2v) is 11.4. The minimum absolute atomic E-state index is 0.201. The molecule has 0 spiro atoms. The van der Waals surface area contributed by atoms with Crippen LogP contribution in [0.1, 0.15) is 50.7 Å². The maximum absolute atomic E-state index is 14.1. The highest BCUT2D eigenvalue weighted by Crippen LogP contribution is 2.30. The third-order valence-electron chi connectivity index (χ3n) is 7.70. The Bertz CT molecular complexity index is 1210. The van der Waals surface area contributed by atoms with Gasteiger partial charge in [-0.1, -0.05) is 67.4 Å². The Morgan fingerprint density at radius 3 is 2.71 bits per heavy atom. The van der Waals surface area contributed by atoms with Gasteiger partial charge in [0, 0.05) is 18.0 Å². The number of hydrogen-bond acceptors (Lipinski definition) is 7. The molecule has 1 saturated heterocycles. The molecule has 2 amide bonds. The number of benzene rings is 2. The van der Waals surface area contributed by atoms with Crippen LogP contribution in [-0.4, -0.2) is 77.2 Å². The van der Waals surface area contributed by atoms with E-state index in [1.807, 2.05) is 55.5 Å². The minimum Gasteiger partial charge on any atom is -0.477 e. The molecule has 0 aliphatic carbocycles. The van der Waals surface area contributed by atoms with Gasteiger partial charge in [0.2, 0.25) is 17.7 Å². The standard InChI is InChI=1S/C31H41ClN4O5/c1-3-9-25(33)28(38)34-27(21(2)40-18-22-10-5-4-6-11-22)30(39)36-15-8-14-26(36)29-35-31(19-37,20-41-29)17-23-12-7-13-24(32)16-23/h4-7,10-13,16,21,25-27,37H,3,8-9,14-15,17-20,33H2,1-2H3,(H,34,38)/t21-,25?,26+,27+,31+/m1/s1. The van der Waals surface area contributed by atoms with Gasteiger partial charge in [-0.05, 0) is 49.4 Å². The van der Waals surface area contributed by atoms with Gasteiger partial charge in [0.15, 0.2) is 0 Å². The summed E-state index contributed by atoms with van der Waals surface area (Å²) in [7, 11) is 0. The summed E-state index contributed by atoms with van der Waals surface area (Å²) < 4.78 is 12.1. The topological polar surface area (TPSA) is 126 Å². The molecule has 41 heavy (non-hydrogen) atoms. The zero-order valence-corrected chi connectivity index (χ0v) is 24.6. The van der Waals surface area contributed by atoms with E-state index in [0.29, 0.717) is 43.3 Å². The average Bonchev–Trinajstić information content (AvgIpc) is 3.63. The van der Waals surface area contributed by atoms with E-state index >= 15 is 0 Å². The summed E-state index contributed by atoms with van der Waals surface area (Å²) in [6, 6.07) is 15.1. The van der Waals surface area contributed by atoms with Crippen LogP contribution in [0.2, 0.25) is 5.02 Å². The van der Waals surface area contributed by atoms with Gasteiger partial charge in [0.05, 0.1) is 25.4 Å². The first-order valence-corrected chi connectivity index (χ1v) is 14.7. The number of ether oxygens (including phenoxy) is 2. The summed E-state index contributed by atoms with van der Waals surface area (Å²) in [6.07, 6.45) is 2.52. The van der Waals surface area contributed by atoms with Crippen molar-refractivity contribution in [3.63, 3.8) is 0 Å². The monoisotopic (exact) mass is 584 g/mol. The van der Waals surface area contributed by atoms with E-state index in [1.165, 1.54) is 0 Å². The maximum atomic E-state index is 14.1. The summed E-state index contributed by atoms with van der Waals surface area (Å²) in [5.74, 6) is -0.225.